The molecule has 0 amide bonds. The maximum Gasteiger partial charge on any atom is 0.127 e. The molecule has 1 saturated carbocycles. The molecule has 0 spiro atoms. The zero-order valence-corrected chi connectivity index (χ0v) is 12.6. The van der Waals surface area contributed by atoms with Crippen LogP contribution in [0.2, 0.25) is 0 Å². The lowest BCUT2D eigenvalue weighted by atomic mass is 9.75. The SMILES string of the molecule is CN(CC1(N(C)C)CCC1)C1COc2cc(O)ccc21. The van der Waals surface area contributed by atoms with E-state index in [4.69, 9.17) is 4.74 Å². The third-order valence-corrected chi connectivity index (χ3v) is 5.06. The Morgan fingerprint density at radius 3 is 2.65 bits per heavy atom. The van der Waals surface area contributed by atoms with Crippen LogP contribution < -0.4 is 4.74 Å². The number of phenolic OH excluding ortho intramolecular Hbond substituents is 1. The molecule has 3 rings (SSSR count). The van der Waals surface area contributed by atoms with Gasteiger partial charge in [0.05, 0.1) is 6.04 Å². The van der Waals surface area contributed by atoms with Crippen molar-refractivity contribution in [1.29, 1.82) is 0 Å². The summed E-state index contributed by atoms with van der Waals surface area (Å²) in [5.74, 6) is 1.10. The molecule has 1 unspecified atom stereocenters. The summed E-state index contributed by atoms with van der Waals surface area (Å²) in [6, 6.07) is 5.75. The Hall–Kier alpha value is -1.26. The Kier molecular flexibility index (Phi) is 3.38. The van der Waals surface area contributed by atoms with Crippen LogP contribution in [0.1, 0.15) is 30.9 Å². The van der Waals surface area contributed by atoms with Gasteiger partial charge in [0.25, 0.3) is 0 Å². The van der Waals surface area contributed by atoms with E-state index >= 15 is 0 Å². The third-order valence-electron chi connectivity index (χ3n) is 5.06. The van der Waals surface area contributed by atoms with E-state index in [-0.39, 0.29) is 5.75 Å². The Morgan fingerprint density at radius 1 is 1.30 bits per heavy atom. The monoisotopic (exact) mass is 276 g/mol. The molecule has 20 heavy (non-hydrogen) atoms. The average molecular weight is 276 g/mol. The van der Waals surface area contributed by atoms with Crippen LogP contribution in [0.25, 0.3) is 0 Å². The van der Waals surface area contributed by atoms with Gasteiger partial charge in [-0.3, -0.25) is 4.90 Å². The topological polar surface area (TPSA) is 35.9 Å². The molecule has 1 fully saturated rings. The molecule has 1 N–H and O–H groups in total. The van der Waals surface area contributed by atoms with E-state index in [9.17, 15) is 5.11 Å². The Morgan fingerprint density at radius 2 is 2.05 bits per heavy atom. The summed E-state index contributed by atoms with van der Waals surface area (Å²) in [6.07, 6.45) is 3.89. The largest absolute Gasteiger partial charge is 0.508 e. The van der Waals surface area contributed by atoms with Gasteiger partial charge in [-0.15, -0.1) is 0 Å². The lowest BCUT2D eigenvalue weighted by Gasteiger charge is -2.50. The van der Waals surface area contributed by atoms with Crippen molar-refractivity contribution < 1.29 is 9.84 Å². The average Bonchev–Trinajstić information content (AvgIpc) is 2.75. The number of rotatable bonds is 4. The molecule has 1 aromatic carbocycles. The minimum Gasteiger partial charge on any atom is -0.508 e. The zero-order chi connectivity index (χ0) is 14.3. The molecule has 0 radical (unpaired) electrons. The van der Waals surface area contributed by atoms with Crippen molar-refractivity contribution in [2.24, 2.45) is 0 Å². The van der Waals surface area contributed by atoms with Crippen LogP contribution in [-0.2, 0) is 0 Å². The van der Waals surface area contributed by atoms with Crippen LogP contribution >= 0.6 is 0 Å². The quantitative estimate of drug-likeness (QED) is 0.915. The summed E-state index contributed by atoms with van der Waals surface area (Å²) in [6.45, 7) is 1.74. The van der Waals surface area contributed by atoms with E-state index < -0.39 is 0 Å². The number of aromatic hydroxyl groups is 1. The van der Waals surface area contributed by atoms with Crippen LogP contribution in [-0.4, -0.2) is 54.7 Å². The summed E-state index contributed by atoms with van der Waals surface area (Å²) in [4.78, 5) is 4.78. The first-order valence-electron chi connectivity index (χ1n) is 7.35. The molecule has 1 aliphatic heterocycles. The normalized spacial score (nSPS) is 23.6. The molecule has 1 atom stereocenters. The van der Waals surface area contributed by atoms with Gasteiger partial charge in [0.2, 0.25) is 0 Å². The van der Waals surface area contributed by atoms with Crippen molar-refractivity contribution in [3.05, 3.63) is 23.8 Å². The van der Waals surface area contributed by atoms with Crippen LogP contribution in [0.15, 0.2) is 18.2 Å². The van der Waals surface area contributed by atoms with Crippen molar-refractivity contribution in [3.63, 3.8) is 0 Å². The van der Waals surface area contributed by atoms with Gasteiger partial charge < -0.3 is 14.7 Å². The van der Waals surface area contributed by atoms with Crippen LogP contribution in [0.4, 0.5) is 0 Å². The molecule has 0 bridgehead atoms. The summed E-state index contributed by atoms with van der Waals surface area (Å²) in [5.41, 5.74) is 1.52. The van der Waals surface area contributed by atoms with E-state index in [1.165, 1.54) is 24.8 Å². The Labute approximate surface area is 120 Å². The number of hydrogen-bond donors (Lipinski definition) is 1. The fraction of sp³-hybridized carbons (Fsp3) is 0.625. The second kappa shape index (κ2) is 4.93. The number of hydrogen-bond acceptors (Lipinski definition) is 4. The standard InChI is InChI=1S/C16H24N2O2/c1-17(2)16(7-4-8-16)11-18(3)14-10-20-15-9-12(19)5-6-13(14)15/h5-6,9,14,19H,4,7-8,10-11H2,1-3H3. The summed E-state index contributed by atoms with van der Waals surface area (Å²) >= 11 is 0. The van der Waals surface area contributed by atoms with E-state index in [2.05, 4.69) is 30.9 Å². The Balaban J connectivity index is 1.75. The van der Waals surface area contributed by atoms with E-state index in [1.54, 1.807) is 12.1 Å². The van der Waals surface area contributed by atoms with E-state index in [0.29, 0.717) is 18.2 Å². The molecule has 110 valence electrons. The lowest BCUT2D eigenvalue weighted by Crippen LogP contribution is -2.57. The molecule has 4 nitrogen and oxygen atoms in total. The molecule has 0 saturated heterocycles. The second-order valence-corrected chi connectivity index (χ2v) is 6.44. The highest BCUT2D eigenvalue weighted by molar-refractivity contribution is 5.44. The smallest absolute Gasteiger partial charge is 0.127 e. The maximum absolute atomic E-state index is 9.53. The Bertz CT molecular complexity index is 497. The fourth-order valence-electron chi connectivity index (χ4n) is 3.45. The van der Waals surface area contributed by atoms with Gasteiger partial charge in [-0.25, -0.2) is 0 Å². The highest BCUT2D eigenvalue weighted by atomic mass is 16.5. The highest BCUT2D eigenvalue weighted by Gasteiger charge is 2.41. The van der Waals surface area contributed by atoms with E-state index in [0.717, 1.165) is 12.3 Å². The van der Waals surface area contributed by atoms with E-state index in [1.807, 2.05) is 6.07 Å². The first kappa shape index (κ1) is 13.7. The van der Waals surface area contributed by atoms with Crippen LogP contribution in [0.3, 0.4) is 0 Å². The van der Waals surface area contributed by atoms with Gasteiger partial charge in [0.1, 0.15) is 18.1 Å². The molecular weight excluding hydrogens is 252 g/mol. The number of benzene rings is 1. The van der Waals surface area contributed by atoms with Crippen molar-refractivity contribution in [2.45, 2.75) is 30.8 Å². The molecule has 4 heteroatoms. The highest BCUT2D eigenvalue weighted by Crippen LogP contribution is 2.41. The van der Waals surface area contributed by atoms with Crippen molar-refractivity contribution in [2.75, 3.05) is 34.3 Å². The molecule has 1 heterocycles. The van der Waals surface area contributed by atoms with Gasteiger partial charge in [-0.2, -0.15) is 0 Å². The van der Waals surface area contributed by atoms with Gasteiger partial charge in [-0.1, -0.05) is 0 Å². The van der Waals surface area contributed by atoms with Gasteiger partial charge >= 0.3 is 0 Å². The molecule has 2 aliphatic rings. The van der Waals surface area contributed by atoms with Gasteiger partial charge in [-0.05, 0) is 52.5 Å². The minimum absolute atomic E-state index is 0.274. The number of ether oxygens (including phenoxy) is 1. The number of phenols is 1. The predicted molar refractivity (Wildman–Crippen MR) is 79.2 cm³/mol. The maximum atomic E-state index is 9.53. The summed E-state index contributed by atoms with van der Waals surface area (Å²) < 4.78 is 5.72. The van der Waals surface area contributed by atoms with Crippen LogP contribution in [0, 0.1) is 0 Å². The third kappa shape index (κ3) is 2.17. The van der Waals surface area contributed by atoms with Crippen LogP contribution in [0.5, 0.6) is 11.5 Å². The second-order valence-electron chi connectivity index (χ2n) is 6.44. The lowest BCUT2D eigenvalue weighted by molar-refractivity contribution is 0.0133. The molecule has 1 aliphatic carbocycles. The number of fused-ring (bicyclic) bond motifs is 1. The van der Waals surface area contributed by atoms with Crippen molar-refractivity contribution >= 4 is 0 Å². The summed E-state index contributed by atoms with van der Waals surface area (Å²) in [7, 11) is 6.55. The first-order chi connectivity index (χ1) is 9.52. The van der Waals surface area contributed by atoms with Gasteiger partial charge in [0, 0.05) is 23.7 Å². The fourth-order valence-corrected chi connectivity index (χ4v) is 3.45. The molecular formula is C16H24N2O2. The zero-order valence-electron chi connectivity index (χ0n) is 12.6. The predicted octanol–water partition coefficient (Wildman–Crippen LogP) is 2.24. The first-order valence-corrected chi connectivity index (χ1v) is 7.35. The molecule has 0 aromatic heterocycles. The van der Waals surface area contributed by atoms with Crippen molar-refractivity contribution in [1.82, 2.24) is 9.80 Å². The summed E-state index contributed by atoms with van der Waals surface area (Å²) in [5, 5.41) is 9.53. The number of likely N-dealkylation sites (N-methyl/N-ethyl adjacent to an activating group) is 2. The van der Waals surface area contributed by atoms with Gasteiger partial charge in [0.15, 0.2) is 0 Å². The molecule has 1 aromatic rings. The van der Waals surface area contributed by atoms with Crippen molar-refractivity contribution in [3.8, 4) is 11.5 Å². The number of nitrogens with zero attached hydrogens (tertiary/aromatic N) is 2. The minimum atomic E-state index is 0.274.